The summed E-state index contributed by atoms with van der Waals surface area (Å²) in [6.45, 7) is 6.70. The summed E-state index contributed by atoms with van der Waals surface area (Å²) < 4.78 is 16.3. The van der Waals surface area contributed by atoms with Crippen LogP contribution in [0.15, 0.2) is 58.5 Å². The molecule has 2 bridgehead atoms. The van der Waals surface area contributed by atoms with Gasteiger partial charge in [0.25, 0.3) is 5.91 Å². The van der Waals surface area contributed by atoms with E-state index < -0.39 is 47.8 Å². The molecule has 0 spiro atoms. The van der Waals surface area contributed by atoms with Crippen LogP contribution in [0.1, 0.15) is 40.5 Å². The summed E-state index contributed by atoms with van der Waals surface area (Å²) in [6, 6.07) is 0. The zero-order valence-electron chi connectivity index (χ0n) is 23.1. The molecule has 1 heterocycles. The van der Waals surface area contributed by atoms with E-state index in [9.17, 15) is 24.0 Å². The molecule has 212 valence electrons. The number of amides is 2. The molecule has 2 rings (SSSR count). The van der Waals surface area contributed by atoms with E-state index >= 15 is 0 Å². The van der Waals surface area contributed by atoms with Crippen LogP contribution in [0.3, 0.4) is 0 Å². The summed E-state index contributed by atoms with van der Waals surface area (Å²) in [7, 11) is 2.82. The molecular weight excluding hydrogens is 506 g/mol. The number of primary amides is 1. The lowest BCUT2D eigenvalue weighted by molar-refractivity contribution is -0.132. The molecule has 2 amide bonds. The van der Waals surface area contributed by atoms with Crippen LogP contribution in [0.4, 0.5) is 4.79 Å². The number of fused-ring (bicyclic) bond motifs is 2. The van der Waals surface area contributed by atoms with Crippen LogP contribution in [0, 0.1) is 11.8 Å². The number of carbonyl (C=O) groups excluding carboxylic acids is 5. The Morgan fingerprint density at radius 2 is 1.74 bits per heavy atom. The van der Waals surface area contributed by atoms with Crippen molar-refractivity contribution in [1.82, 2.24) is 5.32 Å². The number of Topliss-reactive ketones (excluding diaryl/α,β-unsaturated/α-hetero) is 2. The highest BCUT2D eigenvalue weighted by Gasteiger charge is 2.32. The summed E-state index contributed by atoms with van der Waals surface area (Å²) in [5.41, 5.74) is 11.7. The van der Waals surface area contributed by atoms with E-state index in [0.29, 0.717) is 5.57 Å². The van der Waals surface area contributed by atoms with Gasteiger partial charge in [-0.15, -0.1) is 0 Å². The Morgan fingerprint density at radius 3 is 2.33 bits per heavy atom. The smallest absolute Gasteiger partial charge is 0.405 e. The molecule has 0 aromatic rings. The van der Waals surface area contributed by atoms with Crippen LogP contribution >= 0.6 is 0 Å². The van der Waals surface area contributed by atoms with Crippen LogP contribution in [0.2, 0.25) is 0 Å². The Labute approximate surface area is 228 Å². The van der Waals surface area contributed by atoms with Gasteiger partial charge in [0.1, 0.15) is 12.2 Å². The third kappa shape index (κ3) is 8.08. The van der Waals surface area contributed by atoms with Crippen molar-refractivity contribution in [2.75, 3.05) is 14.2 Å². The van der Waals surface area contributed by atoms with Crippen LogP contribution in [-0.4, -0.2) is 61.9 Å². The number of ketones is 3. The second-order valence-electron chi connectivity index (χ2n) is 9.76. The molecule has 11 nitrogen and oxygen atoms in total. The Hall–Kier alpha value is -3.83. The maximum absolute atomic E-state index is 13.3. The van der Waals surface area contributed by atoms with Crippen LogP contribution in [0.25, 0.3) is 0 Å². The number of hydrogen-bond acceptors (Lipinski definition) is 9. The fourth-order valence-corrected chi connectivity index (χ4v) is 4.45. The fourth-order valence-electron chi connectivity index (χ4n) is 4.45. The lowest BCUT2D eigenvalue weighted by Crippen LogP contribution is -2.35. The average molecular weight is 544 g/mol. The lowest BCUT2D eigenvalue weighted by atomic mass is 9.85. The van der Waals surface area contributed by atoms with Gasteiger partial charge in [-0.25, -0.2) is 4.79 Å². The molecule has 0 aromatic carbocycles. The first-order valence-corrected chi connectivity index (χ1v) is 12.5. The summed E-state index contributed by atoms with van der Waals surface area (Å²) in [5.74, 6) is -2.91. The quantitative estimate of drug-likeness (QED) is 0.354. The number of allylic oxidation sites excluding steroid dienone is 5. The van der Waals surface area contributed by atoms with Crippen molar-refractivity contribution in [3.05, 3.63) is 58.5 Å². The molecule has 1 aliphatic carbocycles. The highest BCUT2D eigenvalue weighted by atomic mass is 16.6. The maximum Gasteiger partial charge on any atom is 0.405 e. The van der Waals surface area contributed by atoms with Gasteiger partial charge < -0.3 is 31.0 Å². The second-order valence-corrected chi connectivity index (χ2v) is 9.76. The number of carbonyl (C=O) groups is 5. The van der Waals surface area contributed by atoms with Crippen LogP contribution < -0.4 is 16.8 Å². The highest BCUT2D eigenvalue weighted by molar-refractivity contribution is 6.23. The minimum Gasteiger partial charge on any atom is -0.439 e. The van der Waals surface area contributed by atoms with E-state index in [4.69, 9.17) is 25.7 Å². The molecule has 0 saturated heterocycles. The van der Waals surface area contributed by atoms with E-state index in [1.54, 1.807) is 32.9 Å². The number of nitrogens with two attached hydrogens (primary N) is 2. The van der Waals surface area contributed by atoms with Crippen LogP contribution in [-0.2, 0) is 33.4 Å². The normalized spacial score (nSPS) is 31.4. The predicted octanol–water partition coefficient (Wildman–Crippen LogP) is 1.93. The summed E-state index contributed by atoms with van der Waals surface area (Å²) in [4.78, 5) is 63.4. The Bertz CT molecular complexity index is 1180. The minimum atomic E-state index is -1.03. The van der Waals surface area contributed by atoms with Gasteiger partial charge in [0, 0.05) is 37.4 Å². The molecule has 0 unspecified atom stereocenters. The van der Waals surface area contributed by atoms with Crippen molar-refractivity contribution in [1.29, 1.82) is 0 Å². The second kappa shape index (κ2) is 13.8. The van der Waals surface area contributed by atoms with Crippen molar-refractivity contribution < 1.29 is 38.2 Å². The molecule has 0 radical (unpaired) electrons. The minimum absolute atomic E-state index is 0.0743. The van der Waals surface area contributed by atoms with Crippen molar-refractivity contribution in [3.63, 3.8) is 0 Å². The highest BCUT2D eigenvalue weighted by Crippen LogP contribution is 2.27. The first kappa shape index (κ1) is 31.4. The van der Waals surface area contributed by atoms with E-state index in [-0.39, 0.29) is 47.1 Å². The van der Waals surface area contributed by atoms with Crippen molar-refractivity contribution >= 4 is 29.4 Å². The van der Waals surface area contributed by atoms with Gasteiger partial charge in [-0.2, -0.15) is 0 Å². The van der Waals surface area contributed by atoms with Crippen molar-refractivity contribution in [2.24, 2.45) is 23.3 Å². The van der Waals surface area contributed by atoms with E-state index in [2.05, 4.69) is 5.32 Å². The molecule has 0 saturated carbocycles. The Kier molecular flexibility index (Phi) is 11.1. The third-order valence-electron chi connectivity index (χ3n) is 6.63. The third-order valence-corrected chi connectivity index (χ3v) is 6.63. The number of nitrogens with one attached hydrogen (secondary N) is 1. The fraction of sp³-hybridized carbons (Fsp3) is 0.464. The standard InChI is InChI=1S/C28H37N3O8/c1-14-10-18-23(29)20(32)13-19(25(18)34)31-27(35)15(2)8-7-9-21(37-5)26(39-28(30)36)17(4)12-16(3)24(33)22(11-14)38-6/h7-9,12-14,16,21-22,26H,10-11,29H2,1-6H3,(H2,30,36)(H,31,35)/b9-7-,15-8+,17-12+/t14-,16+,21+,22+,26+/m1/s1. The van der Waals surface area contributed by atoms with Gasteiger partial charge in [0.15, 0.2) is 11.9 Å². The van der Waals surface area contributed by atoms with Crippen molar-refractivity contribution in [2.45, 2.75) is 58.8 Å². The number of rotatable bonds is 3. The summed E-state index contributed by atoms with van der Waals surface area (Å²) >= 11 is 0. The zero-order chi connectivity index (χ0) is 29.4. The molecule has 11 heteroatoms. The molecule has 39 heavy (non-hydrogen) atoms. The van der Waals surface area contributed by atoms with Gasteiger partial charge in [0.2, 0.25) is 11.6 Å². The average Bonchev–Trinajstić information content (AvgIpc) is 2.88. The van der Waals surface area contributed by atoms with Crippen LogP contribution in [0.5, 0.6) is 0 Å². The lowest BCUT2D eigenvalue weighted by Gasteiger charge is -2.26. The molecule has 2 aliphatic rings. The van der Waals surface area contributed by atoms with Gasteiger partial charge in [-0.3, -0.25) is 19.2 Å². The van der Waals surface area contributed by atoms with E-state index in [0.717, 1.165) is 6.08 Å². The number of ether oxygens (including phenoxy) is 3. The first-order chi connectivity index (χ1) is 18.3. The largest absolute Gasteiger partial charge is 0.439 e. The van der Waals surface area contributed by atoms with Gasteiger partial charge in [0.05, 0.1) is 11.4 Å². The SMILES string of the molecule is CO[C@H]1C[C@H](C)CC2=C(N)C(=O)C=C(NC(=O)/C(C)=C/C=C\[C@H](OC)[C@@H](OC(N)=O)/C(C)=C/[C@H](C)C1=O)C2=O. The molecule has 5 atom stereocenters. The monoisotopic (exact) mass is 543 g/mol. The Balaban J connectivity index is 2.58. The number of hydrogen-bond donors (Lipinski definition) is 3. The topological polar surface area (TPSA) is 177 Å². The predicted molar refractivity (Wildman–Crippen MR) is 143 cm³/mol. The molecule has 0 fully saturated rings. The maximum atomic E-state index is 13.3. The number of methoxy groups -OCH3 is 2. The first-order valence-electron chi connectivity index (χ1n) is 12.5. The molecule has 0 aromatic heterocycles. The summed E-state index contributed by atoms with van der Waals surface area (Å²) in [6.07, 6.45) is 3.91. The van der Waals surface area contributed by atoms with Gasteiger partial charge >= 0.3 is 6.09 Å². The molecule has 1 aliphatic heterocycles. The zero-order valence-corrected chi connectivity index (χ0v) is 23.1. The van der Waals surface area contributed by atoms with Gasteiger partial charge in [-0.05, 0) is 38.2 Å². The molecular formula is C28H37N3O8. The van der Waals surface area contributed by atoms with Crippen molar-refractivity contribution in [3.8, 4) is 0 Å². The summed E-state index contributed by atoms with van der Waals surface area (Å²) in [5, 5.41) is 2.48. The Morgan fingerprint density at radius 1 is 1.08 bits per heavy atom. The molecule has 5 N–H and O–H groups in total. The van der Waals surface area contributed by atoms with E-state index in [1.165, 1.54) is 33.3 Å². The van der Waals surface area contributed by atoms with Gasteiger partial charge in [-0.1, -0.05) is 38.2 Å². The van der Waals surface area contributed by atoms with E-state index in [1.807, 2.05) is 0 Å².